The maximum Gasteiger partial charge on any atom is 0.0556 e. The maximum atomic E-state index is 8.71. The zero-order chi connectivity index (χ0) is 10.2. The van der Waals surface area contributed by atoms with Crippen LogP contribution < -0.4 is 5.32 Å². The second-order valence-corrected chi connectivity index (χ2v) is 3.47. The van der Waals surface area contributed by atoms with Crippen molar-refractivity contribution in [2.75, 3.05) is 13.2 Å². The van der Waals surface area contributed by atoms with Crippen LogP contribution in [-0.4, -0.2) is 24.3 Å². The van der Waals surface area contributed by atoms with E-state index in [0.29, 0.717) is 12.6 Å². The molecule has 0 aliphatic rings. The Morgan fingerprint density at radius 3 is 2.57 bits per heavy atom. The smallest absolute Gasteiger partial charge is 0.0556 e. The lowest BCUT2D eigenvalue weighted by atomic mass is 10.0. The van der Waals surface area contributed by atoms with E-state index in [1.807, 2.05) is 6.07 Å². The second kappa shape index (κ2) is 6.57. The molecule has 1 aromatic carbocycles. The molecule has 0 amide bonds. The Labute approximate surface area is 86.0 Å². The Morgan fingerprint density at radius 2 is 2.00 bits per heavy atom. The van der Waals surface area contributed by atoms with Crippen molar-refractivity contribution in [3.05, 3.63) is 35.9 Å². The van der Waals surface area contributed by atoms with Crippen molar-refractivity contribution >= 4 is 0 Å². The van der Waals surface area contributed by atoms with Crippen LogP contribution in [0.25, 0.3) is 0 Å². The standard InChI is InChI=1S/C12H19NO/c1-2-12(13-8-9-14)10-11-6-4-3-5-7-11/h3-7,12-14H,2,8-10H2,1H3. The summed E-state index contributed by atoms with van der Waals surface area (Å²) in [4.78, 5) is 0. The van der Waals surface area contributed by atoms with E-state index in [4.69, 9.17) is 5.11 Å². The Balaban J connectivity index is 2.40. The molecule has 0 spiro atoms. The molecule has 1 atom stereocenters. The lowest BCUT2D eigenvalue weighted by Crippen LogP contribution is -2.32. The van der Waals surface area contributed by atoms with E-state index in [-0.39, 0.29) is 6.61 Å². The van der Waals surface area contributed by atoms with Crippen molar-refractivity contribution in [2.24, 2.45) is 0 Å². The van der Waals surface area contributed by atoms with Gasteiger partial charge >= 0.3 is 0 Å². The van der Waals surface area contributed by atoms with E-state index >= 15 is 0 Å². The number of hydrogen-bond donors (Lipinski definition) is 2. The summed E-state index contributed by atoms with van der Waals surface area (Å²) in [5, 5.41) is 12.0. The van der Waals surface area contributed by atoms with E-state index in [0.717, 1.165) is 12.8 Å². The maximum absolute atomic E-state index is 8.71. The summed E-state index contributed by atoms with van der Waals surface area (Å²) in [6.45, 7) is 3.06. The molecule has 14 heavy (non-hydrogen) atoms. The van der Waals surface area contributed by atoms with Crippen LogP contribution in [0.5, 0.6) is 0 Å². The first-order valence-electron chi connectivity index (χ1n) is 5.25. The molecule has 0 aliphatic heterocycles. The largest absolute Gasteiger partial charge is 0.395 e. The quantitative estimate of drug-likeness (QED) is 0.719. The summed E-state index contributed by atoms with van der Waals surface area (Å²) < 4.78 is 0. The van der Waals surface area contributed by atoms with E-state index < -0.39 is 0 Å². The fourth-order valence-electron chi connectivity index (χ4n) is 1.53. The minimum Gasteiger partial charge on any atom is -0.395 e. The van der Waals surface area contributed by atoms with Crippen LogP contribution in [0.4, 0.5) is 0 Å². The van der Waals surface area contributed by atoms with E-state index in [2.05, 4.69) is 36.5 Å². The molecule has 78 valence electrons. The summed E-state index contributed by atoms with van der Waals surface area (Å²) in [6.07, 6.45) is 2.13. The molecule has 0 saturated heterocycles. The summed E-state index contributed by atoms with van der Waals surface area (Å²) in [5.74, 6) is 0. The van der Waals surface area contributed by atoms with Crippen molar-refractivity contribution in [3.63, 3.8) is 0 Å². The van der Waals surface area contributed by atoms with Gasteiger partial charge in [-0.2, -0.15) is 0 Å². The van der Waals surface area contributed by atoms with Crippen molar-refractivity contribution in [2.45, 2.75) is 25.8 Å². The minimum absolute atomic E-state index is 0.214. The molecule has 2 N–H and O–H groups in total. The third kappa shape index (κ3) is 3.90. The van der Waals surface area contributed by atoms with Gasteiger partial charge in [0.2, 0.25) is 0 Å². The molecular formula is C12H19NO. The molecule has 1 rings (SSSR count). The zero-order valence-electron chi connectivity index (χ0n) is 8.74. The van der Waals surface area contributed by atoms with E-state index in [1.54, 1.807) is 0 Å². The van der Waals surface area contributed by atoms with Gasteiger partial charge in [-0.25, -0.2) is 0 Å². The van der Waals surface area contributed by atoms with Gasteiger partial charge in [0, 0.05) is 12.6 Å². The third-order valence-corrected chi connectivity index (χ3v) is 2.36. The number of aliphatic hydroxyl groups excluding tert-OH is 1. The van der Waals surface area contributed by atoms with E-state index in [9.17, 15) is 0 Å². The van der Waals surface area contributed by atoms with Gasteiger partial charge in [0.25, 0.3) is 0 Å². The average molecular weight is 193 g/mol. The van der Waals surface area contributed by atoms with Crippen molar-refractivity contribution in [1.82, 2.24) is 5.32 Å². The Morgan fingerprint density at radius 1 is 1.29 bits per heavy atom. The molecule has 0 aromatic heterocycles. The van der Waals surface area contributed by atoms with E-state index in [1.165, 1.54) is 5.56 Å². The van der Waals surface area contributed by atoms with Crippen molar-refractivity contribution < 1.29 is 5.11 Å². The zero-order valence-corrected chi connectivity index (χ0v) is 8.74. The highest BCUT2D eigenvalue weighted by Crippen LogP contribution is 2.04. The molecule has 0 saturated carbocycles. The first-order chi connectivity index (χ1) is 6.86. The molecule has 1 unspecified atom stereocenters. The van der Waals surface area contributed by atoms with Gasteiger partial charge in [0.05, 0.1) is 6.61 Å². The predicted octanol–water partition coefficient (Wildman–Crippen LogP) is 1.59. The van der Waals surface area contributed by atoms with Crippen molar-refractivity contribution in [3.8, 4) is 0 Å². The number of nitrogens with one attached hydrogen (secondary N) is 1. The summed E-state index contributed by atoms with van der Waals surface area (Å²) in [6, 6.07) is 10.9. The monoisotopic (exact) mass is 193 g/mol. The highest BCUT2D eigenvalue weighted by Gasteiger charge is 2.05. The normalized spacial score (nSPS) is 12.7. The first-order valence-corrected chi connectivity index (χ1v) is 5.25. The summed E-state index contributed by atoms with van der Waals surface area (Å²) in [7, 11) is 0. The SMILES string of the molecule is CCC(Cc1ccccc1)NCCO. The number of aliphatic hydroxyl groups is 1. The molecule has 2 heteroatoms. The van der Waals surface area contributed by atoms with Gasteiger partial charge in [0.15, 0.2) is 0 Å². The predicted molar refractivity (Wildman–Crippen MR) is 59.3 cm³/mol. The van der Waals surface area contributed by atoms with Gasteiger partial charge in [-0.15, -0.1) is 0 Å². The number of rotatable bonds is 6. The minimum atomic E-state index is 0.214. The van der Waals surface area contributed by atoms with Crippen LogP contribution >= 0.6 is 0 Å². The Hall–Kier alpha value is -0.860. The Kier molecular flexibility index (Phi) is 5.27. The van der Waals surface area contributed by atoms with Gasteiger partial charge in [-0.1, -0.05) is 37.3 Å². The van der Waals surface area contributed by atoms with Crippen LogP contribution in [0.3, 0.4) is 0 Å². The third-order valence-electron chi connectivity index (χ3n) is 2.36. The van der Waals surface area contributed by atoms with Crippen LogP contribution in [0.2, 0.25) is 0 Å². The Bertz CT molecular complexity index is 235. The average Bonchev–Trinajstić information content (AvgIpc) is 2.25. The fourth-order valence-corrected chi connectivity index (χ4v) is 1.53. The fraction of sp³-hybridized carbons (Fsp3) is 0.500. The van der Waals surface area contributed by atoms with Gasteiger partial charge < -0.3 is 10.4 Å². The molecule has 0 heterocycles. The van der Waals surface area contributed by atoms with Crippen LogP contribution in [-0.2, 0) is 6.42 Å². The van der Waals surface area contributed by atoms with Crippen LogP contribution in [0, 0.1) is 0 Å². The molecule has 2 nitrogen and oxygen atoms in total. The van der Waals surface area contributed by atoms with Gasteiger partial charge in [0.1, 0.15) is 0 Å². The molecule has 0 bridgehead atoms. The molecular weight excluding hydrogens is 174 g/mol. The van der Waals surface area contributed by atoms with Gasteiger partial charge in [-0.05, 0) is 18.4 Å². The lowest BCUT2D eigenvalue weighted by Gasteiger charge is -2.16. The topological polar surface area (TPSA) is 32.3 Å². The first kappa shape index (κ1) is 11.2. The van der Waals surface area contributed by atoms with Crippen molar-refractivity contribution in [1.29, 1.82) is 0 Å². The molecule has 0 aliphatic carbocycles. The highest BCUT2D eigenvalue weighted by molar-refractivity contribution is 5.15. The highest BCUT2D eigenvalue weighted by atomic mass is 16.3. The van der Waals surface area contributed by atoms with Crippen LogP contribution in [0.15, 0.2) is 30.3 Å². The van der Waals surface area contributed by atoms with Crippen LogP contribution in [0.1, 0.15) is 18.9 Å². The summed E-state index contributed by atoms with van der Waals surface area (Å²) in [5.41, 5.74) is 1.35. The number of benzene rings is 1. The molecule has 1 aromatic rings. The molecule has 0 fully saturated rings. The van der Waals surface area contributed by atoms with Gasteiger partial charge in [-0.3, -0.25) is 0 Å². The molecule has 0 radical (unpaired) electrons. The lowest BCUT2D eigenvalue weighted by molar-refractivity contribution is 0.282. The summed E-state index contributed by atoms with van der Waals surface area (Å²) >= 11 is 0. The number of hydrogen-bond acceptors (Lipinski definition) is 2. The second-order valence-electron chi connectivity index (χ2n) is 3.47.